The second-order valence-corrected chi connectivity index (χ2v) is 10.5. The van der Waals surface area contributed by atoms with Gasteiger partial charge in [0, 0.05) is 19.6 Å². The molecule has 0 spiro atoms. The van der Waals surface area contributed by atoms with Crippen LogP contribution in [-0.2, 0) is 11.2 Å². The zero-order chi connectivity index (χ0) is 26.0. The van der Waals surface area contributed by atoms with Crippen LogP contribution in [-0.4, -0.2) is 53.4 Å². The summed E-state index contributed by atoms with van der Waals surface area (Å²) in [5, 5.41) is 0. The van der Waals surface area contributed by atoms with Gasteiger partial charge in [-0.3, -0.25) is 9.59 Å². The van der Waals surface area contributed by atoms with E-state index >= 15 is 0 Å². The standard InChI is InChI=1S/C31H41FN2O3/c1-2-20-33-21-10-4-3-5-11-22-34(30(35)23-24-16-18-25(32)19-17-24)27-13-7-9-15-29(27)37-28-14-8-6-12-26(28)31(33)36/h6,8,12,14,16-19,27,29H,2-5,7,9-11,13,15,20-23H2,1H3/t27-,29+/m1/s1. The van der Waals surface area contributed by atoms with Gasteiger partial charge in [-0.2, -0.15) is 0 Å². The molecule has 4 rings (SSSR count). The van der Waals surface area contributed by atoms with Crippen LogP contribution in [0.1, 0.15) is 87.1 Å². The lowest BCUT2D eigenvalue weighted by atomic mass is 9.90. The van der Waals surface area contributed by atoms with Crippen LogP contribution in [0.5, 0.6) is 5.75 Å². The van der Waals surface area contributed by atoms with Crippen molar-refractivity contribution in [2.24, 2.45) is 0 Å². The third-order valence-electron chi connectivity index (χ3n) is 7.66. The molecule has 200 valence electrons. The third-order valence-corrected chi connectivity index (χ3v) is 7.66. The highest BCUT2D eigenvalue weighted by atomic mass is 19.1. The van der Waals surface area contributed by atoms with E-state index in [2.05, 4.69) is 6.92 Å². The Hall–Kier alpha value is -2.89. The van der Waals surface area contributed by atoms with Gasteiger partial charge in [-0.15, -0.1) is 0 Å². The molecule has 0 saturated heterocycles. The number of fused-ring (bicyclic) bond motifs is 2. The molecule has 1 fully saturated rings. The number of halogens is 1. The highest BCUT2D eigenvalue weighted by Gasteiger charge is 2.35. The molecule has 0 bridgehead atoms. The first-order chi connectivity index (χ1) is 18.1. The van der Waals surface area contributed by atoms with Crippen molar-refractivity contribution in [1.82, 2.24) is 9.80 Å². The summed E-state index contributed by atoms with van der Waals surface area (Å²) in [6, 6.07) is 13.8. The second kappa shape index (κ2) is 13.6. The maximum Gasteiger partial charge on any atom is 0.257 e. The fourth-order valence-corrected chi connectivity index (χ4v) is 5.70. The predicted octanol–water partition coefficient (Wildman–Crippen LogP) is 6.40. The molecule has 37 heavy (non-hydrogen) atoms. The van der Waals surface area contributed by atoms with E-state index in [1.807, 2.05) is 34.1 Å². The van der Waals surface area contributed by atoms with Crippen molar-refractivity contribution in [2.75, 3.05) is 19.6 Å². The van der Waals surface area contributed by atoms with Gasteiger partial charge in [-0.25, -0.2) is 4.39 Å². The number of carbonyl (C=O) groups is 2. The summed E-state index contributed by atoms with van der Waals surface area (Å²) in [5.74, 6) is 0.419. The van der Waals surface area contributed by atoms with Gasteiger partial charge >= 0.3 is 0 Å². The van der Waals surface area contributed by atoms with E-state index in [0.29, 0.717) is 17.9 Å². The Morgan fingerprint density at radius 1 is 0.919 bits per heavy atom. The molecule has 1 aliphatic carbocycles. The van der Waals surface area contributed by atoms with Crippen LogP contribution >= 0.6 is 0 Å². The summed E-state index contributed by atoms with van der Waals surface area (Å²) >= 11 is 0. The Morgan fingerprint density at radius 3 is 2.41 bits per heavy atom. The molecule has 0 aromatic heterocycles. The van der Waals surface area contributed by atoms with Crippen LogP contribution in [0.2, 0.25) is 0 Å². The average Bonchev–Trinajstić information content (AvgIpc) is 2.91. The number of benzene rings is 2. The van der Waals surface area contributed by atoms with Gasteiger partial charge in [0.2, 0.25) is 5.91 Å². The molecule has 0 N–H and O–H groups in total. The lowest BCUT2D eigenvalue weighted by Crippen LogP contribution is -2.51. The van der Waals surface area contributed by atoms with E-state index in [9.17, 15) is 14.0 Å². The van der Waals surface area contributed by atoms with Gasteiger partial charge in [0.05, 0.1) is 18.0 Å². The van der Waals surface area contributed by atoms with E-state index in [4.69, 9.17) is 4.74 Å². The molecule has 1 saturated carbocycles. The van der Waals surface area contributed by atoms with Gasteiger partial charge in [0.15, 0.2) is 0 Å². The quantitative estimate of drug-likeness (QED) is 0.480. The summed E-state index contributed by atoms with van der Waals surface area (Å²) in [7, 11) is 0. The Morgan fingerprint density at radius 2 is 1.62 bits per heavy atom. The molecule has 2 aromatic rings. The van der Waals surface area contributed by atoms with Crippen LogP contribution < -0.4 is 4.74 Å². The minimum Gasteiger partial charge on any atom is -0.487 e. The van der Waals surface area contributed by atoms with Gasteiger partial charge in [-0.05, 0) is 68.4 Å². The van der Waals surface area contributed by atoms with Crippen LogP contribution in [0.15, 0.2) is 48.5 Å². The number of para-hydroxylation sites is 1. The third kappa shape index (κ3) is 7.33. The van der Waals surface area contributed by atoms with Crippen molar-refractivity contribution < 1.29 is 18.7 Å². The lowest BCUT2D eigenvalue weighted by Gasteiger charge is -2.40. The number of amides is 2. The van der Waals surface area contributed by atoms with E-state index in [0.717, 1.165) is 82.9 Å². The van der Waals surface area contributed by atoms with Crippen LogP contribution in [0.4, 0.5) is 4.39 Å². The molecule has 2 atom stereocenters. The Labute approximate surface area is 221 Å². The zero-order valence-electron chi connectivity index (χ0n) is 22.2. The summed E-state index contributed by atoms with van der Waals surface area (Å²) in [4.78, 5) is 31.2. The fraction of sp³-hybridized carbons (Fsp3) is 0.548. The van der Waals surface area contributed by atoms with E-state index < -0.39 is 0 Å². The van der Waals surface area contributed by atoms with E-state index in [1.54, 1.807) is 12.1 Å². The molecule has 0 radical (unpaired) electrons. The number of hydrogen-bond acceptors (Lipinski definition) is 3. The molecule has 2 amide bonds. The Kier molecular flexibility index (Phi) is 9.98. The maximum absolute atomic E-state index is 13.6. The molecule has 0 unspecified atom stereocenters. The van der Waals surface area contributed by atoms with Gasteiger partial charge in [-0.1, -0.05) is 56.9 Å². The number of nitrogens with zero attached hydrogens (tertiary/aromatic N) is 2. The topological polar surface area (TPSA) is 49.9 Å². The first-order valence-corrected chi connectivity index (χ1v) is 14.2. The monoisotopic (exact) mass is 508 g/mol. The molecular formula is C31H41FN2O3. The average molecular weight is 509 g/mol. The Balaban J connectivity index is 1.62. The fourth-order valence-electron chi connectivity index (χ4n) is 5.70. The minimum absolute atomic E-state index is 0.0314. The highest BCUT2D eigenvalue weighted by molar-refractivity contribution is 5.97. The zero-order valence-corrected chi connectivity index (χ0v) is 22.2. The Bertz CT molecular complexity index is 1030. The van der Waals surface area contributed by atoms with Crippen molar-refractivity contribution >= 4 is 11.8 Å². The first-order valence-electron chi connectivity index (χ1n) is 14.2. The van der Waals surface area contributed by atoms with Gasteiger partial charge in [0.25, 0.3) is 5.91 Å². The molecular weight excluding hydrogens is 467 g/mol. The maximum atomic E-state index is 13.6. The van der Waals surface area contributed by atoms with Crippen molar-refractivity contribution in [3.63, 3.8) is 0 Å². The van der Waals surface area contributed by atoms with Crippen molar-refractivity contribution in [2.45, 2.75) is 89.7 Å². The molecule has 1 heterocycles. The molecule has 1 aliphatic heterocycles. The normalized spacial score (nSPS) is 21.7. The summed E-state index contributed by atoms with van der Waals surface area (Å²) < 4.78 is 20.1. The first kappa shape index (κ1) is 27.2. The minimum atomic E-state index is -0.295. The summed E-state index contributed by atoms with van der Waals surface area (Å²) in [5.41, 5.74) is 1.43. The highest BCUT2D eigenvalue weighted by Crippen LogP contribution is 2.31. The lowest BCUT2D eigenvalue weighted by molar-refractivity contribution is -0.136. The molecule has 2 aliphatic rings. The largest absolute Gasteiger partial charge is 0.487 e. The second-order valence-electron chi connectivity index (χ2n) is 10.5. The van der Waals surface area contributed by atoms with Crippen LogP contribution in [0, 0.1) is 5.82 Å². The molecule has 2 aromatic carbocycles. The van der Waals surface area contributed by atoms with Crippen molar-refractivity contribution in [1.29, 1.82) is 0 Å². The number of hydrogen-bond donors (Lipinski definition) is 0. The molecule has 6 heteroatoms. The van der Waals surface area contributed by atoms with Gasteiger partial charge < -0.3 is 14.5 Å². The number of carbonyl (C=O) groups excluding carboxylic acids is 2. The van der Waals surface area contributed by atoms with Crippen LogP contribution in [0.3, 0.4) is 0 Å². The predicted molar refractivity (Wildman–Crippen MR) is 144 cm³/mol. The van der Waals surface area contributed by atoms with E-state index in [-0.39, 0.29) is 36.2 Å². The SMILES string of the molecule is CCCN1CCCCCCCN(C(=O)Cc2ccc(F)cc2)[C@@H]2CCCC[C@@H]2Oc2ccccc2C1=O. The van der Waals surface area contributed by atoms with E-state index in [1.165, 1.54) is 12.1 Å². The summed E-state index contributed by atoms with van der Waals surface area (Å²) in [6.07, 6.45) is 10.00. The van der Waals surface area contributed by atoms with Gasteiger partial charge in [0.1, 0.15) is 17.7 Å². The molecule has 5 nitrogen and oxygen atoms in total. The number of ether oxygens (including phenoxy) is 1. The number of rotatable bonds is 4. The van der Waals surface area contributed by atoms with Crippen molar-refractivity contribution in [3.05, 3.63) is 65.5 Å². The smallest absolute Gasteiger partial charge is 0.257 e. The summed E-state index contributed by atoms with van der Waals surface area (Å²) in [6.45, 7) is 4.31. The van der Waals surface area contributed by atoms with Crippen LogP contribution in [0.25, 0.3) is 0 Å². The van der Waals surface area contributed by atoms with Crippen molar-refractivity contribution in [3.8, 4) is 5.75 Å².